The minimum Gasteiger partial charge on any atom is -0.457 e. The Bertz CT molecular complexity index is 1250. The van der Waals surface area contributed by atoms with E-state index in [0.29, 0.717) is 18.0 Å². The van der Waals surface area contributed by atoms with Crippen molar-refractivity contribution in [2.75, 3.05) is 17.7 Å². The number of nitrogens with one attached hydrogen (secondary N) is 2. The second kappa shape index (κ2) is 13.9. The highest BCUT2D eigenvalue weighted by atomic mass is 32.2. The molecular formula is C30H28N2O4S. The van der Waals surface area contributed by atoms with Gasteiger partial charge < -0.3 is 20.1 Å². The van der Waals surface area contributed by atoms with Crippen LogP contribution in [0.25, 0.3) is 0 Å². The quantitative estimate of drug-likeness (QED) is 0.231. The van der Waals surface area contributed by atoms with Gasteiger partial charge in [0, 0.05) is 10.6 Å². The Kier molecular flexibility index (Phi) is 9.75. The molecule has 1 unspecified atom stereocenters. The molecule has 6 nitrogen and oxygen atoms in total. The third-order valence-corrected chi connectivity index (χ3v) is 6.27. The zero-order valence-corrected chi connectivity index (χ0v) is 21.0. The molecule has 0 aliphatic rings. The number of benzene rings is 4. The van der Waals surface area contributed by atoms with E-state index in [2.05, 4.69) is 10.6 Å². The van der Waals surface area contributed by atoms with Gasteiger partial charge in [-0.25, -0.2) is 0 Å². The largest absolute Gasteiger partial charge is 0.457 e. The van der Waals surface area contributed by atoms with E-state index in [1.165, 1.54) is 11.8 Å². The van der Waals surface area contributed by atoms with E-state index < -0.39 is 6.04 Å². The molecule has 0 radical (unpaired) electrons. The van der Waals surface area contributed by atoms with Crippen LogP contribution in [0.3, 0.4) is 0 Å². The molecule has 0 aliphatic carbocycles. The lowest BCUT2D eigenvalue weighted by atomic mass is 10.2. The number of ether oxygens (including phenoxy) is 2. The highest BCUT2D eigenvalue weighted by Gasteiger charge is 2.21. The Morgan fingerprint density at radius 3 is 2.00 bits per heavy atom. The minimum absolute atomic E-state index is 0.0394. The molecule has 0 saturated heterocycles. The van der Waals surface area contributed by atoms with Gasteiger partial charge in [-0.3, -0.25) is 9.59 Å². The van der Waals surface area contributed by atoms with Gasteiger partial charge in [0.25, 0.3) is 0 Å². The number of anilines is 1. The second-order valence-corrected chi connectivity index (χ2v) is 9.20. The molecule has 0 heterocycles. The first-order valence-electron chi connectivity index (χ1n) is 11.9. The zero-order chi connectivity index (χ0) is 25.7. The lowest BCUT2D eigenvalue weighted by molar-refractivity contribution is -0.126. The van der Waals surface area contributed by atoms with Gasteiger partial charge in [0.2, 0.25) is 11.8 Å². The van der Waals surface area contributed by atoms with Gasteiger partial charge in [-0.15, -0.1) is 11.8 Å². The number of hydrogen-bond donors (Lipinski definition) is 2. The minimum atomic E-state index is -0.854. The fraction of sp³-hybridized carbons (Fsp3) is 0.133. The van der Waals surface area contributed by atoms with Crippen molar-refractivity contribution in [2.24, 2.45) is 0 Å². The number of amides is 2. The first-order valence-corrected chi connectivity index (χ1v) is 12.9. The van der Waals surface area contributed by atoms with Crippen LogP contribution in [0.1, 0.15) is 5.56 Å². The van der Waals surface area contributed by atoms with Crippen LogP contribution in [0.4, 0.5) is 5.69 Å². The van der Waals surface area contributed by atoms with Gasteiger partial charge in [-0.05, 0) is 54.1 Å². The summed E-state index contributed by atoms with van der Waals surface area (Å²) in [7, 11) is 0. The predicted molar refractivity (Wildman–Crippen MR) is 147 cm³/mol. The smallest absolute Gasteiger partial charge is 0.249 e. The summed E-state index contributed by atoms with van der Waals surface area (Å²) >= 11 is 1.41. The Hall–Kier alpha value is -4.07. The topological polar surface area (TPSA) is 76.7 Å². The molecule has 4 aromatic rings. The predicted octanol–water partition coefficient (Wildman–Crippen LogP) is 5.91. The van der Waals surface area contributed by atoms with Gasteiger partial charge in [0.1, 0.15) is 17.5 Å². The van der Waals surface area contributed by atoms with Crippen LogP contribution >= 0.6 is 11.8 Å². The van der Waals surface area contributed by atoms with Crippen molar-refractivity contribution in [2.45, 2.75) is 17.5 Å². The van der Waals surface area contributed by atoms with Crippen LogP contribution in [-0.2, 0) is 20.9 Å². The molecule has 2 amide bonds. The van der Waals surface area contributed by atoms with Crippen LogP contribution in [0, 0.1) is 0 Å². The van der Waals surface area contributed by atoms with Crippen molar-refractivity contribution >= 4 is 29.3 Å². The summed E-state index contributed by atoms with van der Waals surface area (Å²) < 4.78 is 11.6. The summed E-state index contributed by atoms with van der Waals surface area (Å²) in [6.07, 6.45) is 0. The molecule has 0 spiro atoms. The normalized spacial score (nSPS) is 11.4. The SMILES string of the molecule is O=C(CSc1ccccc1)NC(COCc1ccccc1)C(=O)Nc1ccc(Oc2ccccc2)cc1. The van der Waals surface area contributed by atoms with Crippen molar-refractivity contribution in [1.82, 2.24) is 5.32 Å². The van der Waals surface area contributed by atoms with Crippen molar-refractivity contribution in [3.05, 3.63) is 121 Å². The summed E-state index contributed by atoms with van der Waals surface area (Å²) in [6, 6.07) is 35.0. The second-order valence-electron chi connectivity index (χ2n) is 8.15. The van der Waals surface area contributed by atoms with Crippen molar-refractivity contribution < 1.29 is 19.1 Å². The first-order chi connectivity index (χ1) is 18.2. The van der Waals surface area contributed by atoms with Crippen LogP contribution in [-0.4, -0.2) is 30.2 Å². The van der Waals surface area contributed by atoms with E-state index in [1.54, 1.807) is 24.3 Å². The molecular weight excluding hydrogens is 484 g/mol. The van der Waals surface area contributed by atoms with E-state index in [1.807, 2.05) is 91.0 Å². The Labute approximate surface area is 221 Å². The molecule has 0 aromatic heterocycles. The van der Waals surface area contributed by atoms with Gasteiger partial charge in [-0.2, -0.15) is 0 Å². The Morgan fingerprint density at radius 1 is 0.730 bits per heavy atom. The fourth-order valence-electron chi connectivity index (χ4n) is 3.41. The molecule has 4 aromatic carbocycles. The van der Waals surface area contributed by atoms with Crippen molar-refractivity contribution in [3.8, 4) is 11.5 Å². The van der Waals surface area contributed by atoms with Gasteiger partial charge >= 0.3 is 0 Å². The third kappa shape index (κ3) is 8.83. The van der Waals surface area contributed by atoms with Crippen molar-refractivity contribution in [3.63, 3.8) is 0 Å². The highest BCUT2D eigenvalue weighted by Crippen LogP contribution is 2.23. The lowest BCUT2D eigenvalue weighted by Crippen LogP contribution is -2.47. The molecule has 7 heteroatoms. The molecule has 1 atom stereocenters. The van der Waals surface area contributed by atoms with Crippen LogP contribution < -0.4 is 15.4 Å². The summed E-state index contributed by atoms with van der Waals surface area (Å²) in [6.45, 7) is 0.377. The Morgan fingerprint density at radius 2 is 1.32 bits per heavy atom. The molecule has 0 saturated carbocycles. The van der Waals surface area contributed by atoms with Crippen LogP contribution in [0.5, 0.6) is 11.5 Å². The summed E-state index contributed by atoms with van der Waals surface area (Å²) in [5, 5.41) is 5.68. The third-order valence-electron chi connectivity index (χ3n) is 5.26. The molecule has 37 heavy (non-hydrogen) atoms. The molecule has 188 valence electrons. The Balaban J connectivity index is 1.35. The molecule has 0 aliphatic heterocycles. The highest BCUT2D eigenvalue weighted by molar-refractivity contribution is 8.00. The standard InChI is InChI=1S/C30H28N2O4S/c33-29(22-37-27-14-8-3-9-15-27)32-28(21-35-20-23-10-4-1-5-11-23)30(34)31-24-16-18-26(19-17-24)36-25-12-6-2-7-13-25/h1-19,28H,20-22H2,(H,31,34)(H,32,33). The molecule has 4 rings (SSSR count). The number of rotatable bonds is 12. The summed E-state index contributed by atoms with van der Waals surface area (Å²) in [5.41, 5.74) is 1.58. The van der Waals surface area contributed by atoms with E-state index >= 15 is 0 Å². The van der Waals surface area contributed by atoms with E-state index in [0.717, 1.165) is 16.2 Å². The average molecular weight is 513 g/mol. The maximum Gasteiger partial charge on any atom is 0.249 e. The number of carbonyl (C=O) groups is 2. The van der Waals surface area contributed by atoms with E-state index in [4.69, 9.17) is 9.47 Å². The summed E-state index contributed by atoms with van der Waals surface area (Å²) in [5.74, 6) is 0.966. The van der Waals surface area contributed by atoms with Crippen molar-refractivity contribution in [1.29, 1.82) is 0 Å². The number of para-hydroxylation sites is 1. The maximum absolute atomic E-state index is 13.1. The average Bonchev–Trinajstić information content (AvgIpc) is 2.94. The number of thioether (sulfide) groups is 1. The monoisotopic (exact) mass is 512 g/mol. The lowest BCUT2D eigenvalue weighted by Gasteiger charge is -2.19. The van der Waals surface area contributed by atoms with Crippen LogP contribution in [0.2, 0.25) is 0 Å². The molecule has 2 N–H and O–H groups in total. The fourth-order valence-corrected chi connectivity index (χ4v) is 4.14. The first kappa shape index (κ1) is 26.0. The van der Waals surface area contributed by atoms with Crippen LogP contribution in [0.15, 0.2) is 120 Å². The zero-order valence-electron chi connectivity index (χ0n) is 20.2. The van der Waals surface area contributed by atoms with E-state index in [9.17, 15) is 9.59 Å². The molecule has 0 bridgehead atoms. The number of hydrogen-bond acceptors (Lipinski definition) is 5. The van der Waals surface area contributed by atoms with Gasteiger partial charge in [0.05, 0.1) is 19.0 Å². The maximum atomic E-state index is 13.1. The van der Waals surface area contributed by atoms with E-state index in [-0.39, 0.29) is 24.2 Å². The summed E-state index contributed by atoms with van der Waals surface area (Å²) in [4.78, 5) is 26.7. The number of carbonyl (C=O) groups excluding carboxylic acids is 2. The van der Waals surface area contributed by atoms with Gasteiger partial charge in [0.15, 0.2) is 0 Å². The molecule has 0 fully saturated rings. The van der Waals surface area contributed by atoms with Gasteiger partial charge in [-0.1, -0.05) is 66.7 Å².